The van der Waals surface area contributed by atoms with Crippen LogP contribution in [0.2, 0.25) is 0 Å². The van der Waals surface area contributed by atoms with E-state index in [2.05, 4.69) is 0 Å². The van der Waals surface area contributed by atoms with Crippen LogP contribution in [0.5, 0.6) is 0 Å². The normalized spacial score (nSPS) is 15.7. The van der Waals surface area contributed by atoms with Crippen LogP contribution in [0.3, 0.4) is 0 Å². The second-order valence-electron chi connectivity index (χ2n) is 6.68. The van der Waals surface area contributed by atoms with Crippen LogP contribution in [-0.4, -0.2) is 29.7 Å². The first-order valence-corrected chi connectivity index (χ1v) is 7.68. The van der Waals surface area contributed by atoms with Crippen LogP contribution in [0.15, 0.2) is 35.0 Å². The number of rotatable bonds is 1. The van der Waals surface area contributed by atoms with Gasteiger partial charge in [-0.3, -0.25) is 0 Å². The molecule has 0 radical (unpaired) electrons. The topological polar surface area (TPSA) is 42.7 Å². The van der Waals surface area contributed by atoms with Gasteiger partial charge < -0.3 is 14.1 Å². The molecule has 122 valence electrons. The fourth-order valence-electron chi connectivity index (χ4n) is 2.70. The molecule has 23 heavy (non-hydrogen) atoms. The summed E-state index contributed by atoms with van der Waals surface area (Å²) in [4.78, 5) is 13.9. The molecule has 0 N–H and O–H groups in total. The Morgan fingerprint density at radius 1 is 1.35 bits per heavy atom. The highest BCUT2D eigenvalue weighted by molar-refractivity contribution is 5.92. The molecule has 0 saturated carbocycles. The van der Waals surface area contributed by atoms with E-state index in [1.807, 2.05) is 26.8 Å². The van der Waals surface area contributed by atoms with Crippen molar-refractivity contribution < 1.29 is 18.3 Å². The Morgan fingerprint density at radius 3 is 2.87 bits per heavy atom. The molecule has 0 unspecified atom stereocenters. The summed E-state index contributed by atoms with van der Waals surface area (Å²) in [5, 5.41) is 0.463. The maximum atomic E-state index is 14.1. The van der Waals surface area contributed by atoms with Crippen molar-refractivity contribution >= 4 is 22.6 Å². The molecule has 1 aliphatic rings. The first-order valence-electron chi connectivity index (χ1n) is 7.68. The number of amides is 1. The molecule has 0 fully saturated rings. The van der Waals surface area contributed by atoms with Crippen LogP contribution in [0.25, 0.3) is 16.5 Å². The Hall–Kier alpha value is -2.30. The molecular weight excluding hydrogens is 297 g/mol. The van der Waals surface area contributed by atoms with Gasteiger partial charge in [-0.2, -0.15) is 0 Å². The number of benzene rings is 1. The van der Waals surface area contributed by atoms with Crippen molar-refractivity contribution in [2.45, 2.75) is 32.8 Å². The summed E-state index contributed by atoms with van der Waals surface area (Å²) in [5.74, 6) is -0.318. The van der Waals surface area contributed by atoms with E-state index in [0.29, 0.717) is 36.0 Å². The highest BCUT2D eigenvalue weighted by atomic mass is 19.1. The molecule has 1 amide bonds. The summed E-state index contributed by atoms with van der Waals surface area (Å²) in [7, 11) is 0. The molecule has 4 nitrogen and oxygen atoms in total. The molecule has 2 aromatic rings. The van der Waals surface area contributed by atoms with Gasteiger partial charge in [0.05, 0.1) is 11.6 Å². The van der Waals surface area contributed by atoms with E-state index in [0.717, 1.165) is 5.57 Å². The Bertz CT molecular complexity index is 770. The standard InChI is InChI=1S/C18H20FNO3/c1-18(2,3)23-17(21)20-9-5-6-12(10-20)13-11-22-15-8-4-7-14(19)16(13)15/h4,6-8,11H,5,9-10H2,1-3H3. The molecule has 0 saturated heterocycles. The smallest absolute Gasteiger partial charge is 0.410 e. The van der Waals surface area contributed by atoms with Gasteiger partial charge in [0.15, 0.2) is 0 Å². The van der Waals surface area contributed by atoms with Gasteiger partial charge in [0, 0.05) is 18.7 Å². The molecule has 0 spiro atoms. The fourth-order valence-corrected chi connectivity index (χ4v) is 2.70. The third kappa shape index (κ3) is 3.23. The molecular formula is C18H20FNO3. The molecule has 1 aromatic heterocycles. The number of carbonyl (C=O) groups is 1. The average molecular weight is 317 g/mol. The van der Waals surface area contributed by atoms with Gasteiger partial charge in [-0.25, -0.2) is 9.18 Å². The third-order valence-corrected chi connectivity index (χ3v) is 3.70. The number of halogens is 1. The van der Waals surface area contributed by atoms with Crippen molar-refractivity contribution in [3.63, 3.8) is 0 Å². The molecule has 0 aliphatic carbocycles. The van der Waals surface area contributed by atoms with Gasteiger partial charge in [0.25, 0.3) is 0 Å². The average Bonchev–Trinajstić information content (AvgIpc) is 2.91. The van der Waals surface area contributed by atoms with Gasteiger partial charge in [0.2, 0.25) is 0 Å². The fraction of sp³-hybridized carbons (Fsp3) is 0.389. The van der Waals surface area contributed by atoms with Crippen molar-refractivity contribution in [1.82, 2.24) is 4.90 Å². The lowest BCUT2D eigenvalue weighted by molar-refractivity contribution is 0.0273. The molecule has 1 aromatic carbocycles. The lowest BCUT2D eigenvalue weighted by atomic mass is 10.0. The van der Waals surface area contributed by atoms with Crippen LogP contribution in [-0.2, 0) is 4.74 Å². The van der Waals surface area contributed by atoms with Crippen molar-refractivity contribution in [3.8, 4) is 0 Å². The molecule has 1 aliphatic heterocycles. The summed E-state index contributed by atoms with van der Waals surface area (Å²) in [6.45, 7) is 6.49. The number of carbonyl (C=O) groups excluding carboxylic acids is 1. The SMILES string of the molecule is CC(C)(C)OC(=O)N1CCC=C(c2coc3cccc(F)c23)C1. The zero-order chi connectivity index (χ0) is 16.6. The quantitative estimate of drug-likeness (QED) is 0.772. The van der Waals surface area contributed by atoms with Crippen LogP contribution in [0.4, 0.5) is 9.18 Å². The molecule has 5 heteroatoms. The second-order valence-corrected chi connectivity index (χ2v) is 6.68. The highest BCUT2D eigenvalue weighted by Gasteiger charge is 2.26. The zero-order valence-corrected chi connectivity index (χ0v) is 13.6. The first-order chi connectivity index (χ1) is 10.8. The highest BCUT2D eigenvalue weighted by Crippen LogP contribution is 2.31. The van der Waals surface area contributed by atoms with E-state index in [1.54, 1.807) is 23.3 Å². The maximum Gasteiger partial charge on any atom is 0.410 e. The Kier molecular flexibility index (Phi) is 3.88. The summed E-state index contributed by atoms with van der Waals surface area (Å²) in [6.07, 6.45) is 3.93. The first kappa shape index (κ1) is 15.6. The van der Waals surface area contributed by atoms with Crippen molar-refractivity contribution in [2.24, 2.45) is 0 Å². The largest absolute Gasteiger partial charge is 0.464 e. The number of hydrogen-bond acceptors (Lipinski definition) is 3. The number of nitrogens with zero attached hydrogens (tertiary/aromatic N) is 1. The van der Waals surface area contributed by atoms with Gasteiger partial charge in [0.1, 0.15) is 17.0 Å². The lowest BCUT2D eigenvalue weighted by Gasteiger charge is -2.30. The van der Waals surface area contributed by atoms with Crippen LogP contribution >= 0.6 is 0 Å². The minimum Gasteiger partial charge on any atom is -0.464 e. The molecule has 0 bridgehead atoms. The summed E-state index contributed by atoms with van der Waals surface area (Å²) >= 11 is 0. The van der Waals surface area contributed by atoms with Gasteiger partial charge >= 0.3 is 6.09 Å². The van der Waals surface area contributed by atoms with Gasteiger partial charge in [-0.1, -0.05) is 12.1 Å². The van der Waals surface area contributed by atoms with E-state index < -0.39 is 5.60 Å². The third-order valence-electron chi connectivity index (χ3n) is 3.70. The van der Waals surface area contributed by atoms with E-state index >= 15 is 0 Å². The van der Waals surface area contributed by atoms with Crippen LogP contribution in [0.1, 0.15) is 32.8 Å². The van der Waals surface area contributed by atoms with E-state index in [9.17, 15) is 9.18 Å². The van der Waals surface area contributed by atoms with E-state index in [-0.39, 0.29) is 11.9 Å². The van der Waals surface area contributed by atoms with Crippen LogP contribution in [0, 0.1) is 5.82 Å². The molecule has 3 rings (SSSR count). The summed E-state index contributed by atoms with van der Waals surface area (Å²) in [5.41, 5.74) is 1.56. The Balaban J connectivity index is 1.86. The lowest BCUT2D eigenvalue weighted by Crippen LogP contribution is -2.39. The second kappa shape index (κ2) is 5.72. The summed E-state index contributed by atoms with van der Waals surface area (Å²) < 4.78 is 25.0. The predicted octanol–water partition coefficient (Wildman–Crippen LogP) is 4.60. The zero-order valence-electron chi connectivity index (χ0n) is 13.6. The van der Waals surface area contributed by atoms with Crippen molar-refractivity contribution in [3.05, 3.63) is 41.9 Å². The van der Waals surface area contributed by atoms with E-state index in [4.69, 9.17) is 9.15 Å². The predicted molar refractivity (Wildman–Crippen MR) is 86.6 cm³/mol. The van der Waals surface area contributed by atoms with Crippen molar-refractivity contribution in [2.75, 3.05) is 13.1 Å². The number of fused-ring (bicyclic) bond motifs is 1. The number of ether oxygens (including phenoxy) is 1. The van der Waals surface area contributed by atoms with E-state index in [1.165, 1.54) is 6.07 Å². The molecule has 0 atom stereocenters. The van der Waals surface area contributed by atoms with Gasteiger partial charge in [-0.05, 0) is 44.9 Å². The molecule has 2 heterocycles. The number of hydrogen-bond donors (Lipinski definition) is 0. The minimum absolute atomic E-state index is 0.318. The van der Waals surface area contributed by atoms with Crippen molar-refractivity contribution in [1.29, 1.82) is 0 Å². The maximum absolute atomic E-state index is 14.1. The van der Waals surface area contributed by atoms with Gasteiger partial charge in [-0.15, -0.1) is 0 Å². The number of furan rings is 1. The Morgan fingerprint density at radius 2 is 2.13 bits per heavy atom. The Labute approximate surface area is 134 Å². The van der Waals surface area contributed by atoms with Crippen LogP contribution < -0.4 is 0 Å². The summed E-state index contributed by atoms with van der Waals surface area (Å²) in [6, 6.07) is 4.76. The minimum atomic E-state index is -0.535. The monoisotopic (exact) mass is 317 g/mol.